The van der Waals surface area contributed by atoms with Gasteiger partial charge in [0.15, 0.2) is 0 Å². The predicted octanol–water partition coefficient (Wildman–Crippen LogP) is 3.03. The molecule has 3 nitrogen and oxygen atoms in total. The van der Waals surface area contributed by atoms with Gasteiger partial charge < -0.3 is 11.1 Å². The molecular weight excluding hydrogens is 260 g/mol. The zero-order valence-electron chi connectivity index (χ0n) is 13.1. The molecule has 0 saturated heterocycles. The smallest absolute Gasteiger partial charge is 0.237 e. The highest BCUT2D eigenvalue weighted by Crippen LogP contribution is 2.25. The van der Waals surface area contributed by atoms with Crippen molar-refractivity contribution in [3.63, 3.8) is 0 Å². The van der Waals surface area contributed by atoms with Crippen molar-refractivity contribution in [1.29, 1.82) is 0 Å². The Morgan fingerprint density at radius 3 is 2.43 bits per heavy atom. The summed E-state index contributed by atoms with van der Waals surface area (Å²) in [6.45, 7) is 2.13. The van der Waals surface area contributed by atoms with Gasteiger partial charge in [-0.15, -0.1) is 0 Å². The van der Waals surface area contributed by atoms with Crippen molar-refractivity contribution in [3.05, 3.63) is 35.9 Å². The first-order chi connectivity index (χ1) is 10.2. The number of carbonyl (C=O) groups is 1. The van der Waals surface area contributed by atoms with Gasteiger partial charge in [-0.2, -0.15) is 0 Å². The Bertz CT molecular complexity index is 424. The van der Waals surface area contributed by atoms with Crippen LogP contribution >= 0.6 is 0 Å². The minimum atomic E-state index is -0.458. The van der Waals surface area contributed by atoms with Crippen LogP contribution < -0.4 is 11.1 Å². The molecule has 2 atom stereocenters. The summed E-state index contributed by atoms with van der Waals surface area (Å²) in [4.78, 5) is 12.3. The molecule has 1 saturated carbocycles. The summed E-state index contributed by atoms with van der Waals surface area (Å²) in [7, 11) is 0. The molecule has 3 N–H and O–H groups in total. The Hall–Kier alpha value is -1.35. The highest BCUT2D eigenvalue weighted by molar-refractivity contribution is 5.82. The van der Waals surface area contributed by atoms with Crippen molar-refractivity contribution in [2.45, 2.75) is 64.0 Å². The first-order valence-corrected chi connectivity index (χ1v) is 8.26. The van der Waals surface area contributed by atoms with Crippen molar-refractivity contribution in [1.82, 2.24) is 5.32 Å². The minimum absolute atomic E-state index is 0.0180. The van der Waals surface area contributed by atoms with Gasteiger partial charge in [-0.25, -0.2) is 0 Å². The Balaban J connectivity index is 1.82. The Labute approximate surface area is 128 Å². The molecule has 0 bridgehead atoms. The molecule has 21 heavy (non-hydrogen) atoms. The topological polar surface area (TPSA) is 55.1 Å². The van der Waals surface area contributed by atoms with Gasteiger partial charge in [-0.05, 0) is 37.7 Å². The quantitative estimate of drug-likeness (QED) is 0.818. The molecule has 1 fully saturated rings. The molecule has 0 aliphatic heterocycles. The average molecular weight is 288 g/mol. The molecule has 1 amide bonds. The standard InChI is InChI=1S/C18H28N2O/c1-14(16-11-7-2-3-8-12-16)20-18(21)17(19)13-15-9-5-4-6-10-15/h4-6,9-10,14,16-17H,2-3,7-8,11-13,19H2,1H3,(H,20,21)/t14-,17-/m0/s1. The fraction of sp³-hybridized carbons (Fsp3) is 0.611. The minimum Gasteiger partial charge on any atom is -0.352 e. The zero-order chi connectivity index (χ0) is 15.1. The molecule has 116 valence electrons. The third-order valence-electron chi connectivity index (χ3n) is 4.61. The van der Waals surface area contributed by atoms with Gasteiger partial charge in [-0.3, -0.25) is 4.79 Å². The third kappa shape index (κ3) is 5.16. The summed E-state index contributed by atoms with van der Waals surface area (Å²) in [6.07, 6.45) is 8.33. The molecule has 1 aromatic rings. The molecule has 1 aromatic carbocycles. The normalized spacial score (nSPS) is 19.5. The summed E-state index contributed by atoms with van der Waals surface area (Å²) in [5, 5.41) is 3.13. The molecule has 2 rings (SSSR count). The summed E-state index contributed by atoms with van der Waals surface area (Å²) in [5.41, 5.74) is 7.16. The van der Waals surface area contributed by atoms with Crippen LogP contribution in [0.25, 0.3) is 0 Å². The van der Waals surface area contributed by atoms with E-state index >= 15 is 0 Å². The molecule has 0 unspecified atom stereocenters. The lowest BCUT2D eigenvalue weighted by atomic mass is 9.92. The fourth-order valence-corrected chi connectivity index (χ4v) is 3.22. The lowest BCUT2D eigenvalue weighted by molar-refractivity contribution is -0.123. The number of benzene rings is 1. The second-order valence-corrected chi connectivity index (χ2v) is 6.35. The van der Waals surface area contributed by atoms with Crippen LogP contribution in [0.4, 0.5) is 0 Å². The summed E-state index contributed by atoms with van der Waals surface area (Å²) >= 11 is 0. The van der Waals surface area contributed by atoms with E-state index in [0.717, 1.165) is 5.56 Å². The second kappa shape index (κ2) is 8.18. The van der Waals surface area contributed by atoms with Crippen molar-refractivity contribution in [2.24, 2.45) is 11.7 Å². The molecule has 3 heteroatoms. The van der Waals surface area contributed by atoms with Crippen molar-refractivity contribution in [3.8, 4) is 0 Å². The van der Waals surface area contributed by atoms with E-state index in [-0.39, 0.29) is 11.9 Å². The molecular formula is C18H28N2O. The van der Waals surface area contributed by atoms with Gasteiger partial charge in [0.25, 0.3) is 0 Å². The number of hydrogen-bond acceptors (Lipinski definition) is 2. The zero-order valence-corrected chi connectivity index (χ0v) is 13.1. The highest BCUT2D eigenvalue weighted by Gasteiger charge is 2.22. The maximum absolute atomic E-state index is 12.3. The van der Waals surface area contributed by atoms with Crippen LogP contribution in [0, 0.1) is 5.92 Å². The molecule has 0 aromatic heterocycles. The number of hydrogen-bond donors (Lipinski definition) is 2. The van der Waals surface area contributed by atoms with Crippen LogP contribution in [0.3, 0.4) is 0 Å². The summed E-state index contributed by atoms with van der Waals surface area (Å²) in [6, 6.07) is 9.74. The summed E-state index contributed by atoms with van der Waals surface area (Å²) < 4.78 is 0. The number of amides is 1. The first kappa shape index (κ1) is 16.0. The van der Waals surface area contributed by atoms with Crippen LogP contribution in [-0.4, -0.2) is 18.0 Å². The predicted molar refractivity (Wildman–Crippen MR) is 86.9 cm³/mol. The van der Waals surface area contributed by atoms with Gasteiger partial charge in [0, 0.05) is 6.04 Å². The van der Waals surface area contributed by atoms with Gasteiger partial charge in [-0.1, -0.05) is 56.0 Å². The molecule has 0 spiro atoms. The maximum atomic E-state index is 12.3. The van der Waals surface area contributed by atoms with Crippen molar-refractivity contribution < 1.29 is 4.79 Å². The van der Waals surface area contributed by atoms with E-state index in [0.29, 0.717) is 12.3 Å². The lowest BCUT2D eigenvalue weighted by Gasteiger charge is -2.25. The van der Waals surface area contributed by atoms with E-state index in [1.54, 1.807) is 0 Å². The average Bonchev–Trinajstić information content (AvgIpc) is 2.77. The van der Waals surface area contributed by atoms with E-state index in [9.17, 15) is 4.79 Å². The molecule has 1 aliphatic rings. The number of rotatable bonds is 5. The van der Waals surface area contributed by atoms with E-state index in [1.807, 2.05) is 30.3 Å². The highest BCUT2D eigenvalue weighted by atomic mass is 16.2. The van der Waals surface area contributed by atoms with Crippen molar-refractivity contribution in [2.75, 3.05) is 0 Å². The molecule has 1 aliphatic carbocycles. The number of nitrogens with two attached hydrogens (primary N) is 1. The lowest BCUT2D eigenvalue weighted by Crippen LogP contribution is -2.47. The van der Waals surface area contributed by atoms with Gasteiger partial charge in [0.2, 0.25) is 5.91 Å². The van der Waals surface area contributed by atoms with E-state index in [4.69, 9.17) is 5.73 Å². The summed E-state index contributed by atoms with van der Waals surface area (Å²) in [5.74, 6) is 0.593. The van der Waals surface area contributed by atoms with Crippen LogP contribution in [0.5, 0.6) is 0 Å². The van der Waals surface area contributed by atoms with Crippen LogP contribution in [0.15, 0.2) is 30.3 Å². The van der Waals surface area contributed by atoms with Crippen molar-refractivity contribution >= 4 is 5.91 Å². The number of carbonyl (C=O) groups excluding carboxylic acids is 1. The van der Waals surface area contributed by atoms with E-state index in [2.05, 4.69) is 12.2 Å². The largest absolute Gasteiger partial charge is 0.352 e. The molecule has 0 radical (unpaired) electrons. The second-order valence-electron chi connectivity index (χ2n) is 6.35. The Kier molecular flexibility index (Phi) is 6.24. The Morgan fingerprint density at radius 2 is 1.81 bits per heavy atom. The van der Waals surface area contributed by atoms with Gasteiger partial charge >= 0.3 is 0 Å². The van der Waals surface area contributed by atoms with Gasteiger partial charge in [0.1, 0.15) is 0 Å². The molecule has 0 heterocycles. The van der Waals surface area contributed by atoms with Crippen LogP contribution in [0.1, 0.15) is 51.0 Å². The van der Waals surface area contributed by atoms with Crippen LogP contribution in [-0.2, 0) is 11.2 Å². The van der Waals surface area contributed by atoms with E-state index < -0.39 is 6.04 Å². The fourth-order valence-electron chi connectivity index (χ4n) is 3.22. The maximum Gasteiger partial charge on any atom is 0.237 e. The Morgan fingerprint density at radius 1 is 1.19 bits per heavy atom. The third-order valence-corrected chi connectivity index (χ3v) is 4.61. The van der Waals surface area contributed by atoms with Gasteiger partial charge in [0.05, 0.1) is 6.04 Å². The monoisotopic (exact) mass is 288 g/mol. The van der Waals surface area contributed by atoms with E-state index in [1.165, 1.54) is 38.5 Å². The number of nitrogens with one attached hydrogen (secondary N) is 1. The first-order valence-electron chi connectivity index (χ1n) is 8.26. The SMILES string of the molecule is C[C@H](NC(=O)[C@@H](N)Cc1ccccc1)C1CCCCCC1. The van der Waals surface area contributed by atoms with Crippen LogP contribution in [0.2, 0.25) is 0 Å².